The zero-order valence-electron chi connectivity index (χ0n) is 27.0. The first-order valence-corrected chi connectivity index (χ1v) is 15.6. The molecule has 0 spiro atoms. The number of rotatable bonds is 10. The third kappa shape index (κ3) is 6.99. The Bertz CT molecular complexity index is 1840. The van der Waals surface area contributed by atoms with E-state index in [-0.39, 0.29) is 33.9 Å². The zero-order chi connectivity index (χ0) is 36.6. The van der Waals surface area contributed by atoms with Crippen molar-refractivity contribution >= 4 is 58.3 Å². The average Bonchev–Trinajstić information content (AvgIpc) is 3.56. The van der Waals surface area contributed by atoms with Crippen LogP contribution < -0.4 is 15.5 Å². The van der Waals surface area contributed by atoms with Crippen molar-refractivity contribution in [2.75, 3.05) is 29.9 Å². The van der Waals surface area contributed by atoms with Crippen molar-refractivity contribution in [3.05, 3.63) is 41.4 Å². The van der Waals surface area contributed by atoms with E-state index >= 15 is 0 Å². The number of hydrogen-bond donors (Lipinski definition) is 6. The lowest BCUT2D eigenvalue weighted by Gasteiger charge is -2.30. The van der Waals surface area contributed by atoms with Crippen molar-refractivity contribution in [3.63, 3.8) is 0 Å². The lowest BCUT2D eigenvalue weighted by Crippen LogP contribution is -2.55. The largest absolute Gasteiger partial charge is 0.479 e. The fourth-order valence-corrected chi connectivity index (χ4v) is 5.64. The third-order valence-electron chi connectivity index (χ3n) is 7.99. The highest BCUT2D eigenvalue weighted by atomic mass is 35.5. The van der Waals surface area contributed by atoms with E-state index in [1.807, 2.05) is 5.92 Å². The van der Waals surface area contributed by atoms with Crippen LogP contribution in [0.1, 0.15) is 39.0 Å². The van der Waals surface area contributed by atoms with Crippen LogP contribution in [0.15, 0.2) is 30.6 Å². The number of carbonyl (C=O) groups excluding carboxylic acids is 2. The number of ether oxygens (including phenoxy) is 3. The molecular formula is C31H34ClN7O11. The number of carboxylic acids is 2. The summed E-state index contributed by atoms with van der Waals surface area (Å²) in [5, 5.41) is 47.6. The second-order valence-corrected chi connectivity index (χ2v) is 12.9. The molecule has 266 valence electrons. The second kappa shape index (κ2) is 13.7. The van der Waals surface area contributed by atoms with Gasteiger partial charge in [-0.1, -0.05) is 18.1 Å². The molecule has 0 saturated carbocycles. The van der Waals surface area contributed by atoms with E-state index in [2.05, 4.69) is 25.6 Å². The summed E-state index contributed by atoms with van der Waals surface area (Å²) in [5.41, 5.74) is -5.59. The number of aromatic nitrogens is 4. The quantitative estimate of drug-likeness (QED) is 0.0990. The lowest BCUT2D eigenvalue weighted by atomic mass is 9.91. The van der Waals surface area contributed by atoms with Crippen LogP contribution in [0.5, 0.6) is 0 Å². The summed E-state index contributed by atoms with van der Waals surface area (Å²) in [5.74, 6) is -1.83. The molecule has 2 aliphatic heterocycles. The van der Waals surface area contributed by atoms with Gasteiger partial charge in [0.15, 0.2) is 28.8 Å². The van der Waals surface area contributed by atoms with Crippen LogP contribution in [0, 0.1) is 12.3 Å². The smallest absolute Gasteiger partial charge is 0.413 e. The number of terminal acetylenes is 1. The molecule has 1 aromatic carbocycles. The predicted molar refractivity (Wildman–Crippen MR) is 173 cm³/mol. The van der Waals surface area contributed by atoms with Crippen LogP contribution in [0.3, 0.4) is 0 Å². The molecule has 19 heteroatoms. The monoisotopic (exact) mass is 715 g/mol. The van der Waals surface area contributed by atoms with Gasteiger partial charge in [-0.3, -0.25) is 14.8 Å². The number of urea groups is 1. The normalized spacial score (nSPS) is 22.5. The maximum atomic E-state index is 12.5. The van der Waals surface area contributed by atoms with Crippen molar-refractivity contribution in [1.29, 1.82) is 0 Å². The van der Waals surface area contributed by atoms with Crippen LogP contribution in [0.4, 0.5) is 21.1 Å². The SMILES string of the molecule is C#C[C@@]1(O)[C@@H](COC(Cc2ccc(N3CCCNC3=O)cc2)(C(=O)O)C(=O)O)O[C@@H](n2cnc3c(NC(=O)OC(C)(C)C)nc(Cl)nc32)[C@@H]1O. The Morgan fingerprint density at radius 2 is 1.88 bits per heavy atom. The summed E-state index contributed by atoms with van der Waals surface area (Å²) in [4.78, 5) is 63.4. The number of carbonyl (C=O) groups is 4. The van der Waals surface area contributed by atoms with Gasteiger partial charge in [0.1, 0.15) is 17.8 Å². The van der Waals surface area contributed by atoms with Crippen LogP contribution in [-0.2, 0) is 30.2 Å². The number of anilines is 2. The molecule has 3 amide bonds. The van der Waals surface area contributed by atoms with Gasteiger partial charge >= 0.3 is 24.1 Å². The second-order valence-electron chi connectivity index (χ2n) is 12.6. The number of carboxylic acid groups (broad SMARTS) is 2. The lowest BCUT2D eigenvalue weighted by molar-refractivity contribution is -0.191. The van der Waals surface area contributed by atoms with E-state index in [9.17, 15) is 39.6 Å². The highest BCUT2D eigenvalue weighted by molar-refractivity contribution is 6.28. The molecule has 4 heterocycles. The molecule has 2 aliphatic rings. The van der Waals surface area contributed by atoms with Crippen molar-refractivity contribution in [2.45, 2.75) is 68.9 Å². The Morgan fingerprint density at radius 1 is 1.20 bits per heavy atom. The van der Waals surface area contributed by atoms with Gasteiger partial charge in [-0.2, -0.15) is 9.97 Å². The number of aliphatic hydroxyl groups excluding tert-OH is 1. The molecule has 0 bridgehead atoms. The Labute approximate surface area is 289 Å². The van der Waals surface area contributed by atoms with E-state index in [0.29, 0.717) is 18.8 Å². The van der Waals surface area contributed by atoms with E-state index < -0.39 is 66.3 Å². The molecule has 2 aromatic heterocycles. The molecule has 0 aliphatic carbocycles. The highest BCUT2D eigenvalue weighted by Crippen LogP contribution is 2.40. The number of benzene rings is 1. The molecule has 4 atom stereocenters. The first-order chi connectivity index (χ1) is 23.5. The topological polar surface area (TPSA) is 248 Å². The van der Waals surface area contributed by atoms with Gasteiger partial charge in [-0.25, -0.2) is 24.2 Å². The summed E-state index contributed by atoms with van der Waals surface area (Å²) in [6.45, 7) is 5.06. The molecule has 3 aromatic rings. The highest BCUT2D eigenvalue weighted by Gasteiger charge is 2.58. The van der Waals surface area contributed by atoms with Gasteiger partial charge in [0.25, 0.3) is 5.60 Å². The van der Waals surface area contributed by atoms with E-state index in [4.69, 9.17) is 32.2 Å². The number of hydrogen-bond acceptors (Lipinski definition) is 12. The summed E-state index contributed by atoms with van der Waals surface area (Å²) >= 11 is 6.11. The number of nitrogens with zero attached hydrogens (tertiary/aromatic N) is 5. The number of aliphatic carboxylic acids is 2. The Hall–Kier alpha value is -5.06. The number of imidazole rings is 1. The van der Waals surface area contributed by atoms with Crippen LogP contribution in [0.2, 0.25) is 5.28 Å². The number of nitrogens with one attached hydrogen (secondary N) is 2. The molecule has 5 rings (SSSR count). The van der Waals surface area contributed by atoms with Crippen molar-refractivity contribution < 1.29 is 53.8 Å². The van der Waals surface area contributed by atoms with Gasteiger partial charge in [-0.05, 0) is 56.5 Å². The standard InChI is InChI=1S/C31H34ClN7O11/c1-5-30(47)18(14-48-31(24(41)42,25(43)44)13-16-7-9-17(10-8-16)38-12-6-11-33-27(38)45)49-23(20(30)40)39-15-34-19-21(35-26(32)37-22(19)39)36-28(46)50-29(2,3)4/h1,7-10,15,18,20,23,40,47H,6,11-14H2,2-4H3,(H,33,45)(H,41,42)(H,43,44)(H,35,36,37,46)/t18-,20+,23-,30-/m1/s1. The molecule has 0 radical (unpaired) electrons. The summed E-state index contributed by atoms with van der Waals surface area (Å²) < 4.78 is 17.8. The molecular weight excluding hydrogens is 682 g/mol. The number of halogens is 1. The van der Waals surface area contributed by atoms with E-state index in [0.717, 1.165) is 17.3 Å². The minimum Gasteiger partial charge on any atom is -0.479 e. The average molecular weight is 716 g/mol. The number of fused-ring (bicyclic) bond motifs is 1. The zero-order valence-corrected chi connectivity index (χ0v) is 27.7. The van der Waals surface area contributed by atoms with Gasteiger partial charge in [0.05, 0.1) is 12.9 Å². The minimum absolute atomic E-state index is 0.0114. The molecule has 0 unspecified atom stereocenters. The summed E-state index contributed by atoms with van der Waals surface area (Å²) in [6.07, 6.45) is 0.775. The molecule has 6 N–H and O–H groups in total. The van der Waals surface area contributed by atoms with Crippen LogP contribution >= 0.6 is 11.6 Å². The van der Waals surface area contributed by atoms with Crippen molar-refractivity contribution in [2.24, 2.45) is 0 Å². The van der Waals surface area contributed by atoms with Gasteiger partial charge < -0.3 is 40.0 Å². The van der Waals surface area contributed by atoms with Crippen molar-refractivity contribution in [1.82, 2.24) is 24.8 Å². The maximum absolute atomic E-state index is 12.5. The van der Waals surface area contributed by atoms with Gasteiger partial charge in [0.2, 0.25) is 5.28 Å². The number of amides is 3. The van der Waals surface area contributed by atoms with Crippen LogP contribution in [-0.4, -0.2) is 113 Å². The third-order valence-corrected chi connectivity index (χ3v) is 8.16. The molecule has 18 nitrogen and oxygen atoms in total. The first kappa shape index (κ1) is 36.2. The predicted octanol–water partition coefficient (Wildman–Crippen LogP) is 1.54. The Morgan fingerprint density at radius 3 is 2.48 bits per heavy atom. The fourth-order valence-electron chi connectivity index (χ4n) is 5.47. The maximum Gasteiger partial charge on any atom is 0.413 e. The van der Waals surface area contributed by atoms with Gasteiger partial charge in [-0.15, -0.1) is 6.42 Å². The Kier molecular flexibility index (Phi) is 9.92. The van der Waals surface area contributed by atoms with Crippen molar-refractivity contribution in [3.8, 4) is 12.3 Å². The molecule has 2 fully saturated rings. The fraction of sp³-hybridized carbons (Fsp3) is 0.452. The molecule has 2 saturated heterocycles. The Balaban J connectivity index is 1.39. The van der Waals surface area contributed by atoms with Crippen LogP contribution in [0.25, 0.3) is 11.2 Å². The minimum atomic E-state index is -2.89. The first-order valence-electron chi connectivity index (χ1n) is 15.2. The summed E-state index contributed by atoms with van der Waals surface area (Å²) in [6, 6.07) is 5.73. The van der Waals surface area contributed by atoms with E-state index in [1.165, 1.54) is 17.0 Å². The summed E-state index contributed by atoms with van der Waals surface area (Å²) in [7, 11) is 0. The molecule has 50 heavy (non-hydrogen) atoms. The van der Waals surface area contributed by atoms with Gasteiger partial charge in [0, 0.05) is 25.2 Å². The number of aliphatic hydroxyl groups is 2. The van der Waals surface area contributed by atoms with E-state index in [1.54, 1.807) is 32.9 Å².